The molecule has 1 amide bonds. The molecule has 6 nitrogen and oxygen atoms in total. The molecule has 0 aromatic carbocycles. The number of rotatable bonds is 5. The number of carbonyl (C=O) groups excluding carboxylic acids is 1. The Balaban J connectivity index is 1.41. The fourth-order valence-electron chi connectivity index (χ4n) is 3.65. The number of ether oxygens (including phenoxy) is 1. The predicted molar refractivity (Wildman–Crippen MR) is 85.4 cm³/mol. The molecule has 2 aliphatic rings. The Labute approximate surface area is 137 Å². The molecule has 3 rings (SSSR count). The van der Waals surface area contributed by atoms with Gasteiger partial charge in [-0.05, 0) is 33.1 Å². The van der Waals surface area contributed by atoms with Crippen molar-refractivity contribution >= 4 is 5.91 Å². The highest BCUT2D eigenvalue weighted by Crippen LogP contribution is 2.15. The van der Waals surface area contributed by atoms with E-state index in [0.717, 1.165) is 62.8 Å². The number of hydrogen-bond acceptors (Lipinski definition) is 4. The highest BCUT2D eigenvalue weighted by molar-refractivity contribution is 5.76. The van der Waals surface area contributed by atoms with Crippen LogP contribution >= 0.6 is 0 Å². The van der Waals surface area contributed by atoms with Gasteiger partial charge in [0.2, 0.25) is 5.91 Å². The predicted octanol–water partition coefficient (Wildman–Crippen LogP) is 0.130. The maximum Gasteiger partial charge on any atom is 0.223 e. The van der Waals surface area contributed by atoms with Gasteiger partial charge in [0, 0.05) is 18.6 Å². The van der Waals surface area contributed by atoms with Gasteiger partial charge in [0.05, 0.1) is 31.9 Å². The van der Waals surface area contributed by atoms with E-state index in [1.165, 1.54) is 12.8 Å². The van der Waals surface area contributed by atoms with Gasteiger partial charge < -0.3 is 19.1 Å². The topological polar surface area (TPSA) is 60.0 Å². The number of quaternary nitrogens is 1. The first-order chi connectivity index (χ1) is 11.1. The van der Waals surface area contributed by atoms with Crippen molar-refractivity contribution in [2.24, 2.45) is 0 Å². The van der Waals surface area contributed by atoms with Gasteiger partial charge in [-0.3, -0.25) is 4.79 Å². The summed E-state index contributed by atoms with van der Waals surface area (Å²) in [4.78, 5) is 16.0. The van der Waals surface area contributed by atoms with Gasteiger partial charge >= 0.3 is 0 Å². The van der Waals surface area contributed by atoms with Crippen LogP contribution in [0.3, 0.4) is 0 Å². The van der Waals surface area contributed by atoms with Crippen molar-refractivity contribution in [3.05, 3.63) is 17.0 Å². The lowest BCUT2D eigenvalue weighted by molar-refractivity contribution is -0.906. The number of carbonyl (C=O) groups is 1. The first-order valence-electron chi connectivity index (χ1n) is 8.78. The molecule has 2 saturated heterocycles. The van der Waals surface area contributed by atoms with Gasteiger partial charge in [0.15, 0.2) is 0 Å². The molecule has 0 spiro atoms. The number of aromatic nitrogens is 1. The number of aryl methyl sites for hydroxylation is 2. The van der Waals surface area contributed by atoms with Crippen molar-refractivity contribution in [3.63, 3.8) is 0 Å². The number of nitrogens with zero attached hydrogens (tertiary/aromatic N) is 2. The molecule has 0 bridgehead atoms. The Morgan fingerprint density at radius 3 is 2.74 bits per heavy atom. The third-order valence-electron chi connectivity index (χ3n) is 5.13. The van der Waals surface area contributed by atoms with Crippen LogP contribution in [0.5, 0.6) is 0 Å². The van der Waals surface area contributed by atoms with E-state index in [4.69, 9.17) is 9.26 Å². The number of piperazine rings is 1. The summed E-state index contributed by atoms with van der Waals surface area (Å²) in [6, 6.07) is 0. The summed E-state index contributed by atoms with van der Waals surface area (Å²) >= 11 is 0. The molecule has 6 heteroatoms. The molecule has 2 fully saturated rings. The fourth-order valence-corrected chi connectivity index (χ4v) is 3.65. The van der Waals surface area contributed by atoms with Crippen LogP contribution in [0.25, 0.3) is 0 Å². The van der Waals surface area contributed by atoms with E-state index in [-0.39, 0.29) is 5.91 Å². The molecule has 1 N–H and O–H groups in total. The van der Waals surface area contributed by atoms with Gasteiger partial charge in [-0.2, -0.15) is 0 Å². The Kier molecular flexibility index (Phi) is 5.33. The van der Waals surface area contributed by atoms with Crippen molar-refractivity contribution in [1.29, 1.82) is 0 Å². The minimum Gasteiger partial charge on any atom is -0.372 e. The molecule has 23 heavy (non-hydrogen) atoms. The van der Waals surface area contributed by atoms with E-state index in [0.29, 0.717) is 12.5 Å². The van der Waals surface area contributed by atoms with Gasteiger partial charge in [0.25, 0.3) is 0 Å². The van der Waals surface area contributed by atoms with E-state index in [1.807, 2.05) is 18.7 Å². The second-order valence-electron chi connectivity index (χ2n) is 6.77. The van der Waals surface area contributed by atoms with Crippen molar-refractivity contribution in [2.45, 2.75) is 45.6 Å². The molecule has 0 aliphatic carbocycles. The number of nitrogens with one attached hydrogen (secondary N) is 1. The Morgan fingerprint density at radius 1 is 1.35 bits per heavy atom. The minimum absolute atomic E-state index is 0.251. The van der Waals surface area contributed by atoms with Crippen LogP contribution in [0, 0.1) is 13.8 Å². The van der Waals surface area contributed by atoms with Crippen molar-refractivity contribution in [1.82, 2.24) is 10.1 Å². The number of amides is 1. The summed E-state index contributed by atoms with van der Waals surface area (Å²) in [5, 5.41) is 3.95. The third kappa shape index (κ3) is 4.12. The van der Waals surface area contributed by atoms with Crippen LogP contribution in [0.2, 0.25) is 0 Å². The summed E-state index contributed by atoms with van der Waals surface area (Å²) in [5.41, 5.74) is 1.99. The normalized spacial score (nSPS) is 22.7. The third-order valence-corrected chi connectivity index (χ3v) is 5.13. The monoisotopic (exact) mass is 322 g/mol. The maximum atomic E-state index is 12.4. The summed E-state index contributed by atoms with van der Waals surface area (Å²) < 4.78 is 10.9. The largest absolute Gasteiger partial charge is 0.372 e. The van der Waals surface area contributed by atoms with Crippen LogP contribution in [0.15, 0.2) is 4.52 Å². The lowest BCUT2D eigenvalue weighted by atomic mass is 10.1. The highest BCUT2D eigenvalue weighted by Gasteiger charge is 2.27. The van der Waals surface area contributed by atoms with E-state index in [2.05, 4.69) is 5.16 Å². The zero-order valence-corrected chi connectivity index (χ0v) is 14.3. The van der Waals surface area contributed by atoms with Crippen molar-refractivity contribution in [2.75, 3.05) is 39.3 Å². The molecule has 1 atom stereocenters. The van der Waals surface area contributed by atoms with Gasteiger partial charge in [-0.15, -0.1) is 0 Å². The zero-order chi connectivity index (χ0) is 16.2. The second-order valence-corrected chi connectivity index (χ2v) is 6.77. The van der Waals surface area contributed by atoms with Crippen LogP contribution in [-0.4, -0.2) is 61.4 Å². The standard InChI is InChI=1S/C17H27N3O3/c1-13-16(14(2)23-18-13)5-6-17(21)20-9-7-19(8-10-20)12-15-4-3-11-22-15/h15H,3-12H2,1-2H3/p+1/t15-/m1/s1. The van der Waals surface area contributed by atoms with E-state index >= 15 is 0 Å². The molecular formula is C17H28N3O3+. The van der Waals surface area contributed by atoms with Gasteiger partial charge in [-0.1, -0.05) is 5.16 Å². The van der Waals surface area contributed by atoms with E-state index < -0.39 is 0 Å². The Hall–Kier alpha value is -1.40. The molecule has 1 aromatic heterocycles. The molecule has 3 heterocycles. The second kappa shape index (κ2) is 7.45. The molecular weight excluding hydrogens is 294 g/mol. The smallest absolute Gasteiger partial charge is 0.223 e. The highest BCUT2D eigenvalue weighted by atomic mass is 16.5. The average molecular weight is 322 g/mol. The quantitative estimate of drug-likeness (QED) is 0.837. The first kappa shape index (κ1) is 16.5. The summed E-state index contributed by atoms with van der Waals surface area (Å²) in [6.07, 6.45) is 4.10. The molecule has 0 unspecified atom stereocenters. The van der Waals surface area contributed by atoms with Crippen LogP contribution in [-0.2, 0) is 16.0 Å². The number of hydrogen-bond donors (Lipinski definition) is 1. The van der Waals surface area contributed by atoms with Crippen LogP contribution in [0.4, 0.5) is 0 Å². The summed E-state index contributed by atoms with van der Waals surface area (Å²) in [5.74, 6) is 1.09. The van der Waals surface area contributed by atoms with E-state index in [9.17, 15) is 4.79 Å². The SMILES string of the molecule is Cc1noc(C)c1CCC(=O)N1CC[NH+](C[C@H]2CCCO2)CC1. The lowest BCUT2D eigenvalue weighted by Gasteiger charge is -2.33. The summed E-state index contributed by atoms with van der Waals surface area (Å²) in [6.45, 7) is 9.67. The minimum atomic E-state index is 0.251. The van der Waals surface area contributed by atoms with Crippen molar-refractivity contribution < 1.29 is 19.0 Å². The first-order valence-corrected chi connectivity index (χ1v) is 8.78. The lowest BCUT2D eigenvalue weighted by Crippen LogP contribution is -3.15. The van der Waals surface area contributed by atoms with E-state index in [1.54, 1.807) is 4.90 Å². The fraction of sp³-hybridized carbons (Fsp3) is 0.765. The molecule has 2 aliphatic heterocycles. The van der Waals surface area contributed by atoms with Gasteiger partial charge in [-0.25, -0.2) is 0 Å². The molecule has 0 radical (unpaired) electrons. The summed E-state index contributed by atoms with van der Waals surface area (Å²) in [7, 11) is 0. The Morgan fingerprint density at radius 2 is 2.13 bits per heavy atom. The maximum absolute atomic E-state index is 12.4. The van der Waals surface area contributed by atoms with Crippen LogP contribution < -0.4 is 4.90 Å². The molecule has 1 aromatic rings. The van der Waals surface area contributed by atoms with Crippen molar-refractivity contribution in [3.8, 4) is 0 Å². The Bertz CT molecular complexity index is 510. The van der Waals surface area contributed by atoms with Gasteiger partial charge in [0.1, 0.15) is 18.4 Å². The molecule has 0 saturated carbocycles. The average Bonchev–Trinajstić information content (AvgIpc) is 3.17. The zero-order valence-electron chi connectivity index (χ0n) is 14.3. The van der Waals surface area contributed by atoms with Crippen LogP contribution in [0.1, 0.15) is 36.3 Å². The molecule has 128 valence electrons.